The molecule has 0 fully saturated rings. The fourth-order valence-electron chi connectivity index (χ4n) is 2.18. The van der Waals surface area contributed by atoms with Gasteiger partial charge in [0.05, 0.1) is 6.61 Å². The molecule has 6 nitrogen and oxygen atoms in total. The second kappa shape index (κ2) is 13.9. The van der Waals surface area contributed by atoms with Gasteiger partial charge in [-0.15, -0.1) is 24.8 Å². The molecule has 27 heavy (non-hydrogen) atoms. The largest absolute Gasteiger partial charge is 0.490 e. The first-order valence-electron chi connectivity index (χ1n) is 8.76. The van der Waals surface area contributed by atoms with E-state index in [-0.39, 0.29) is 42.9 Å². The van der Waals surface area contributed by atoms with Crippen LogP contribution in [0.2, 0.25) is 0 Å². The summed E-state index contributed by atoms with van der Waals surface area (Å²) >= 11 is 0. The van der Waals surface area contributed by atoms with Crippen LogP contribution in [0.25, 0.3) is 0 Å². The molecule has 0 aliphatic carbocycles. The Labute approximate surface area is 176 Å². The minimum Gasteiger partial charge on any atom is -0.490 e. The molecule has 0 spiro atoms. The third kappa shape index (κ3) is 12.7. The molecule has 0 atom stereocenters. The molecule has 1 aromatic carbocycles. The number of halogens is 2. The highest BCUT2D eigenvalue weighted by molar-refractivity contribution is 5.85. The summed E-state index contributed by atoms with van der Waals surface area (Å²) in [4.78, 5) is 14.0. The number of nitrogens with one attached hydrogen (secondary N) is 2. The van der Waals surface area contributed by atoms with E-state index in [1.165, 1.54) is 0 Å². The Hall–Kier alpha value is -1.21. The first kappa shape index (κ1) is 28.0. The fourth-order valence-corrected chi connectivity index (χ4v) is 2.18. The van der Waals surface area contributed by atoms with E-state index in [4.69, 9.17) is 9.47 Å². The lowest BCUT2D eigenvalue weighted by Crippen LogP contribution is -2.43. The first-order valence-corrected chi connectivity index (χ1v) is 8.76. The van der Waals surface area contributed by atoms with E-state index in [1.807, 2.05) is 45.9 Å². The standard InChI is InChI=1S/C19H33N3O3.2ClH/c1-7-24-17-12-15(13-20-10-11-22(5)6)8-9-16(17)25-14-18(23)21-19(2,3)4;;/h8-9,12,20H,7,10-11,13-14H2,1-6H3,(H,21,23);2*1H. The number of rotatable bonds is 10. The molecule has 0 heterocycles. The zero-order valence-electron chi connectivity index (χ0n) is 17.3. The highest BCUT2D eigenvalue weighted by atomic mass is 35.5. The van der Waals surface area contributed by atoms with Gasteiger partial charge in [-0.1, -0.05) is 6.07 Å². The monoisotopic (exact) mass is 423 g/mol. The Bertz CT molecular complexity index is 549. The van der Waals surface area contributed by atoms with Crippen LogP contribution >= 0.6 is 24.8 Å². The van der Waals surface area contributed by atoms with Gasteiger partial charge in [-0.2, -0.15) is 0 Å². The van der Waals surface area contributed by atoms with Crippen molar-refractivity contribution in [3.05, 3.63) is 23.8 Å². The smallest absolute Gasteiger partial charge is 0.258 e. The van der Waals surface area contributed by atoms with Crippen molar-refractivity contribution in [1.29, 1.82) is 0 Å². The molecule has 1 amide bonds. The Morgan fingerprint density at radius 2 is 1.78 bits per heavy atom. The maximum absolute atomic E-state index is 11.9. The molecule has 0 aliphatic rings. The summed E-state index contributed by atoms with van der Waals surface area (Å²) in [6.45, 7) is 10.9. The maximum atomic E-state index is 11.9. The van der Waals surface area contributed by atoms with Crippen molar-refractivity contribution in [1.82, 2.24) is 15.5 Å². The van der Waals surface area contributed by atoms with Crippen molar-refractivity contribution in [2.24, 2.45) is 0 Å². The van der Waals surface area contributed by atoms with Gasteiger partial charge >= 0.3 is 0 Å². The summed E-state index contributed by atoms with van der Waals surface area (Å²) in [5, 5.41) is 6.27. The SMILES string of the molecule is CCOc1cc(CNCCN(C)C)ccc1OCC(=O)NC(C)(C)C.Cl.Cl. The zero-order chi connectivity index (χ0) is 18.9. The molecule has 158 valence electrons. The molecule has 0 radical (unpaired) electrons. The molecule has 0 unspecified atom stereocenters. The summed E-state index contributed by atoms with van der Waals surface area (Å²) in [7, 11) is 4.10. The minimum absolute atomic E-state index is 0. The normalized spacial score (nSPS) is 10.6. The average molecular weight is 424 g/mol. The zero-order valence-corrected chi connectivity index (χ0v) is 18.9. The van der Waals surface area contributed by atoms with Gasteiger partial charge in [-0.3, -0.25) is 4.79 Å². The number of carbonyl (C=O) groups excluding carboxylic acids is 1. The van der Waals surface area contributed by atoms with Crippen molar-refractivity contribution in [2.75, 3.05) is 40.4 Å². The van der Waals surface area contributed by atoms with Crippen LogP contribution in [0.4, 0.5) is 0 Å². The van der Waals surface area contributed by atoms with Gasteiger partial charge in [0.25, 0.3) is 5.91 Å². The molecule has 8 heteroatoms. The van der Waals surface area contributed by atoms with Crippen molar-refractivity contribution < 1.29 is 14.3 Å². The third-order valence-corrected chi connectivity index (χ3v) is 3.25. The van der Waals surface area contributed by atoms with Crippen LogP contribution in [-0.2, 0) is 11.3 Å². The van der Waals surface area contributed by atoms with E-state index in [1.54, 1.807) is 0 Å². The summed E-state index contributed by atoms with van der Waals surface area (Å²) in [6, 6.07) is 5.81. The molecular weight excluding hydrogens is 389 g/mol. The number of nitrogens with zero attached hydrogens (tertiary/aromatic N) is 1. The topological polar surface area (TPSA) is 62.8 Å². The average Bonchev–Trinajstić information content (AvgIpc) is 2.49. The summed E-state index contributed by atoms with van der Waals surface area (Å²) in [5.41, 5.74) is 0.847. The van der Waals surface area contributed by atoms with Crippen LogP contribution in [0.1, 0.15) is 33.3 Å². The lowest BCUT2D eigenvalue weighted by molar-refractivity contribution is -0.124. The molecule has 0 aliphatic heterocycles. The molecular formula is C19H35Cl2N3O3. The van der Waals surface area contributed by atoms with Crippen LogP contribution in [-0.4, -0.2) is 56.7 Å². The molecule has 0 saturated heterocycles. The number of ether oxygens (including phenoxy) is 2. The van der Waals surface area contributed by atoms with E-state index >= 15 is 0 Å². The molecule has 1 aromatic rings. The Morgan fingerprint density at radius 1 is 1.11 bits per heavy atom. The van der Waals surface area contributed by atoms with Crippen LogP contribution in [0.15, 0.2) is 18.2 Å². The lowest BCUT2D eigenvalue weighted by atomic mass is 10.1. The Morgan fingerprint density at radius 3 is 2.33 bits per heavy atom. The quantitative estimate of drug-likeness (QED) is 0.566. The van der Waals surface area contributed by atoms with Gasteiger partial charge in [-0.05, 0) is 59.5 Å². The molecule has 2 N–H and O–H groups in total. The second-order valence-corrected chi connectivity index (χ2v) is 7.28. The Kier molecular flexibility index (Phi) is 14.4. The van der Waals surface area contributed by atoms with Gasteiger partial charge in [0.1, 0.15) is 0 Å². The minimum atomic E-state index is -0.273. The highest BCUT2D eigenvalue weighted by Crippen LogP contribution is 2.28. The van der Waals surface area contributed by atoms with Crippen molar-refractivity contribution in [3.8, 4) is 11.5 Å². The van der Waals surface area contributed by atoms with Gasteiger partial charge in [0.2, 0.25) is 0 Å². The summed E-state index contributed by atoms with van der Waals surface area (Å²) in [6.07, 6.45) is 0. The van der Waals surface area contributed by atoms with E-state index < -0.39 is 0 Å². The number of hydrogen-bond donors (Lipinski definition) is 2. The van der Waals surface area contributed by atoms with Crippen molar-refractivity contribution in [2.45, 2.75) is 39.8 Å². The second-order valence-electron chi connectivity index (χ2n) is 7.28. The molecule has 0 bridgehead atoms. The van der Waals surface area contributed by atoms with Gasteiger partial charge in [0.15, 0.2) is 18.1 Å². The van der Waals surface area contributed by atoms with Crippen LogP contribution < -0.4 is 20.1 Å². The van der Waals surface area contributed by atoms with Crippen LogP contribution in [0, 0.1) is 0 Å². The van der Waals surface area contributed by atoms with E-state index in [2.05, 4.69) is 29.6 Å². The fraction of sp³-hybridized carbons (Fsp3) is 0.632. The number of carbonyl (C=O) groups is 1. The predicted octanol–water partition coefficient (Wildman–Crippen LogP) is 2.87. The lowest BCUT2D eigenvalue weighted by Gasteiger charge is -2.21. The summed E-state index contributed by atoms with van der Waals surface area (Å²) in [5.74, 6) is 1.10. The number of amides is 1. The number of benzene rings is 1. The number of likely N-dealkylation sites (N-methyl/N-ethyl adjacent to an activating group) is 1. The van der Waals surface area contributed by atoms with E-state index in [0.717, 1.165) is 25.2 Å². The Balaban J connectivity index is 0. The predicted molar refractivity (Wildman–Crippen MR) is 116 cm³/mol. The van der Waals surface area contributed by atoms with Gasteiger partial charge in [-0.25, -0.2) is 0 Å². The summed E-state index contributed by atoms with van der Waals surface area (Å²) < 4.78 is 11.3. The number of hydrogen-bond acceptors (Lipinski definition) is 5. The highest BCUT2D eigenvalue weighted by Gasteiger charge is 2.15. The molecule has 0 aromatic heterocycles. The van der Waals surface area contributed by atoms with Gasteiger partial charge in [0, 0.05) is 25.2 Å². The van der Waals surface area contributed by atoms with Crippen LogP contribution in [0.3, 0.4) is 0 Å². The first-order chi connectivity index (χ1) is 11.7. The van der Waals surface area contributed by atoms with Crippen LogP contribution in [0.5, 0.6) is 11.5 Å². The van der Waals surface area contributed by atoms with Crippen molar-refractivity contribution >= 4 is 30.7 Å². The molecule has 0 saturated carbocycles. The van der Waals surface area contributed by atoms with Gasteiger partial charge < -0.3 is 25.0 Å². The van der Waals surface area contributed by atoms with Crippen molar-refractivity contribution in [3.63, 3.8) is 0 Å². The maximum Gasteiger partial charge on any atom is 0.258 e. The van der Waals surface area contributed by atoms with E-state index in [9.17, 15) is 4.79 Å². The third-order valence-electron chi connectivity index (χ3n) is 3.25. The van der Waals surface area contributed by atoms with E-state index in [0.29, 0.717) is 18.1 Å². The molecule has 1 rings (SSSR count).